The number of hydrogen-bond acceptors (Lipinski definition) is 6. The Morgan fingerprint density at radius 1 is 1.14 bits per heavy atom. The summed E-state index contributed by atoms with van der Waals surface area (Å²) in [6.45, 7) is 1.64. The van der Waals surface area contributed by atoms with E-state index in [0.29, 0.717) is 23.2 Å². The van der Waals surface area contributed by atoms with Crippen molar-refractivity contribution in [1.82, 2.24) is 30.3 Å². The molecular weight excluding hydrogens is 392 g/mol. The van der Waals surface area contributed by atoms with Crippen LogP contribution in [0.3, 0.4) is 0 Å². The molecule has 0 bridgehead atoms. The number of nitrogens with one attached hydrogen (secondary N) is 2. The predicted molar refractivity (Wildman–Crippen MR) is 107 cm³/mol. The van der Waals surface area contributed by atoms with Gasteiger partial charge in [0.1, 0.15) is 5.82 Å². The van der Waals surface area contributed by atoms with E-state index in [2.05, 4.69) is 20.8 Å². The SMILES string of the molecule is O=C1CC(Cc2nnc(SCC(=O)N3CCCC3)n2-c2ccccc2)NC(=O)N1. The van der Waals surface area contributed by atoms with Crippen molar-refractivity contribution >= 4 is 29.6 Å². The van der Waals surface area contributed by atoms with Gasteiger partial charge < -0.3 is 10.2 Å². The number of imide groups is 1. The Morgan fingerprint density at radius 3 is 2.62 bits per heavy atom. The number of thioether (sulfide) groups is 1. The third-order valence-corrected chi connectivity index (χ3v) is 5.86. The highest BCUT2D eigenvalue weighted by atomic mass is 32.2. The molecule has 2 fully saturated rings. The van der Waals surface area contributed by atoms with Gasteiger partial charge in [-0.3, -0.25) is 19.5 Å². The van der Waals surface area contributed by atoms with Crippen LogP contribution in [-0.4, -0.2) is 62.4 Å². The number of aromatic nitrogens is 3. The molecule has 29 heavy (non-hydrogen) atoms. The molecule has 1 unspecified atom stereocenters. The van der Waals surface area contributed by atoms with Crippen LogP contribution in [-0.2, 0) is 16.0 Å². The first kappa shape index (κ1) is 19.4. The average Bonchev–Trinajstić information content (AvgIpc) is 3.36. The van der Waals surface area contributed by atoms with Crippen molar-refractivity contribution < 1.29 is 14.4 Å². The summed E-state index contributed by atoms with van der Waals surface area (Å²) in [6, 6.07) is 8.77. The van der Waals surface area contributed by atoms with Gasteiger partial charge >= 0.3 is 6.03 Å². The molecular formula is C19H22N6O3S. The van der Waals surface area contributed by atoms with E-state index in [1.165, 1.54) is 11.8 Å². The minimum Gasteiger partial charge on any atom is -0.342 e. The Kier molecular flexibility index (Phi) is 5.79. The van der Waals surface area contributed by atoms with Crippen LogP contribution in [0.4, 0.5) is 4.79 Å². The zero-order valence-corrected chi connectivity index (χ0v) is 16.7. The number of nitrogens with zero attached hydrogens (tertiary/aromatic N) is 4. The molecule has 152 valence electrons. The summed E-state index contributed by atoms with van der Waals surface area (Å²) < 4.78 is 1.89. The van der Waals surface area contributed by atoms with Gasteiger partial charge in [0.15, 0.2) is 5.16 Å². The van der Waals surface area contributed by atoms with E-state index in [9.17, 15) is 14.4 Å². The minimum atomic E-state index is -0.497. The number of rotatable bonds is 6. The van der Waals surface area contributed by atoms with Crippen molar-refractivity contribution in [3.63, 3.8) is 0 Å². The molecule has 0 aliphatic carbocycles. The lowest BCUT2D eigenvalue weighted by Crippen LogP contribution is -2.53. The van der Waals surface area contributed by atoms with Gasteiger partial charge in [-0.25, -0.2) is 4.79 Å². The van der Waals surface area contributed by atoms with Gasteiger partial charge in [0.05, 0.1) is 5.75 Å². The summed E-state index contributed by atoms with van der Waals surface area (Å²) in [5.41, 5.74) is 0.871. The predicted octanol–water partition coefficient (Wildman–Crippen LogP) is 1.12. The fourth-order valence-corrected chi connectivity index (χ4v) is 4.44. The fraction of sp³-hybridized carbons (Fsp3) is 0.421. The molecule has 4 amide bonds. The van der Waals surface area contributed by atoms with Gasteiger partial charge in [0, 0.05) is 37.7 Å². The van der Waals surface area contributed by atoms with E-state index in [0.717, 1.165) is 31.6 Å². The topological polar surface area (TPSA) is 109 Å². The van der Waals surface area contributed by atoms with Crippen LogP contribution >= 0.6 is 11.8 Å². The number of likely N-dealkylation sites (tertiary alicyclic amines) is 1. The molecule has 2 saturated heterocycles. The van der Waals surface area contributed by atoms with Crippen molar-refractivity contribution in [3.8, 4) is 5.69 Å². The largest absolute Gasteiger partial charge is 0.342 e. The average molecular weight is 414 g/mol. The second-order valence-electron chi connectivity index (χ2n) is 7.07. The second-order valence-corrected chi connectivity index (χ2v) is 8.02. The Labute approximate surface area is 172 Å². The molecule has 3 heterocycles. The first-order valence-electron chi connectivity index (χ1n) is 9.61. The summed E-state index contributed by atoms with van der Waals surface area (Å²) in [6.07, 6.45) is 2.66. The van der Waals surface area contributed by atoms with Crippen LogP contribution in [0, 0.1) is 0 Å². The molecule has 2 aliphatic heterocycles. The third-order valence-electron chi connectivity index (χ3n) is 4.95. The number of hydrogen-bond donors (Lipinski definition) is 2. The molecule has 1 atom stereocenters. The summed E-state index contributed by atoms with van der Waals surface area (Å²) >= 11 is 1.35. The monoisotopic (exact) mass is 414 g/mol. The van der Waals surface area contributed by atoms with Crippen molar-refractivity contribution in [2.24, 2.45) is 0 Å². The van der Waals surface area contributed by atoms with Gasteiger partial charge in [-0.1, -0.05) is 30.0 Å². The zero-order chi connectivity index (χ0) is 20.2. The lowest BCUT2D eigenvalue weighted by atomic mass is 10.1. The van der Waals surface area contributed by atoms with Crippen LogP contribution in [0.2, 0.25) is 0 Å². The smallest absolute Gasteiger partial charge is 0.321 e. The minimum absolute atomic E-state index is 0.105. The quantitative estimate of drug-likeness (QED) is 0.686. The lowest BCUT2D eigenvalue weighted by Gasteiger charge is -2.23. The maximum atomic E-state index is 12.4. The second kappa shape index (κ2) is 8.64. The zero-order valence-electron chi connectivity index (χ0n) is 15.8. The number of carbonyl (C=O) groups is 3. The van der Waals surface area contributed by atoms with E-state index in [1.54, 1.807) is 0 Å². The van der Waals surface area contributed by atoms with Gasteiger partial charge in [0.25, 0.3) is 0 Å². The van der Waals surface area contributed by atoms with E-state index < -0.39 is 6.03 Å². The molecule has 4 rings (SSSR count). The highest BCUT2D eigenvalue weighted by molar-refractivity contribution is 7.99. The normalized spacial score (nSPS) is 19.2. The number of amides is 4. The molecule has 0 spiro atoms. The molecule has 2 aliphatic rings. The molecule has 10 heteroatoms. The summed E-state index contributed by atoms with van der Waals surface area (Å²) in [5.74, 6) is 0.726. The van der Waals surface area contributed by atoms with Crippen LogP contribution in [0.1, 0.15) is 25.1 Å². The first-order valence-corrected chi connectivity index (χ1v) is 10.6. The Morgan fingerprint density at radius 2 is 1.90 bits per heavy atom. The molecule has 9 nitrogen and oxygen atoms in total. The molecule has 0 radical (unpaired) electrons. The number of carbonyl (C=O) groups excluding carboxylic acids is 3. The number of para-hydroxylation sites is 1. The van der Waals surface area contributed by atoms with E-state index >= 15 is 0 Å². The van der Waals surface area contributed by atoms with E-state index in [-0.39, 0.29) is 24.3 Å². The van der Waals surface area contributed by atoms with E-state index in [4.69, 9.17) is 0 Å². The maximum absolute atomic E-state index is 12.4. The fourth-order valence-electron chi connectivity index (χ4n) is 3.56. The van der Waals surface area contributed by atoms with Crippen molar-refractivity contribution in [2.45, 2.75) is 36.9 Å². The maximum Gasteiger partial charge on any atom is 0.321 e. The Hall–Kier alpha value is -2.88. The third kappa shape index (κ3) is 4.58. The van der Waals surface area contributed by atoms with E-state index in [1.807, 2.05) is 39.8 Å². The molecule has 0 saturated carbocycles. The van der Waals surface area contributed by atoms with Gasteiger partial charge in [0.2, 0.25) is 11.8 Å². The molecule has 1 aromatic carbocycles. The highest BCUT2D eigenvalue weighted by Crippen LogP contribution is 2.24. The standard InChI is InChI=1S/C19H22N6O3S/c26-16-11-13(20-18(28)21-16)10-15-22-23-19(25(15)14-6-2-1-3-7-14)29-12-17(27)24-8-4-5-9-24/h1-3,6-7,13H,4-5,8-12H2,(H2,20,21,26,28). The van der Waals surface area contributed by atoms with Crippen molar-refractivity contribution in [2.75, 3.05) is 18.8 Å². The Bertz CT molecular complexity index is 894. The van der Waals surface area contributed by atoms with Crippen LogP contribution in [0.25, 0.3) is 5.69 Å². The highest BCUT2D eigenvalue weighted by Gasteiger charge is 2.27. The van der Waals surface area contributed by atoms with Gasteiger partial charge in [-0.05, 0) is 25.0 Å². The van der Waals surface area contributed by atoms with Crippen LogP contribution < -0.4 is 10.6 Å². The summed E-state index contributed by atoms with van der Waals surface area (Å²) in [7, 11) is 0. The van der Waals surface area contributed by atoms with Gasteiger partial charge in [-0.2, -0.15) is 0 Å². The number of urea groups is 1. The van der Waals surface area contributed by atoms with Gasteiger partial charge in [-0.15, -0.1) is 10.2 Å². The summed E-state index contributed by atoms with van der Waals surface area (Å²) in [5, 5.41) is 14.2. The summed E-state index contributed by atoms with van der Waals surface area (Å²) in [4.78, 5) is 37.6. The number of benzene rings is 1. The van der Waals surface area contributed by atoms with Crippen LogP contribution in [0.15, 0.2) is 35.5 Å². The van der Waals surface area contributed by atoms with Crippen molar-refractivity contribution in [1.29, 1.82) is 0 Å². The molecule has 1 aromatic heterocycles. The van der Waals surface area contributed by atoms with Crippen molar-refractivity contribution in [3.05, 3.63) is 36.2 Å². The molecule has 2 aromatic rings. The van der Waals surface area contributed by atoms with Crippen LogP contribution in [0.5, 0.6) is 0 Å². The lowest BCUT2D eigenvalue weighted by molar-refractivity contribution is -0.127. The molecule has 2 N–H and O–H groups in total. The Balaban J connectivity index is 1.54. The first-order chi connectivity index (χ1) is 14.1.